The minimum Gasteiger partial charge on any atom is -0.497 e. The highest BCUT2D eigenvalue weighted by molar-refractivity contribution is 6.04. The van der Waals surface area contributed by atoms with Gasteiger partial charge in [-0.1, -0.05) is 0 Å². The van der Waals surface area contributed by atoms with Crippen LogP contribution in [-0.4, -0.2) is 23.0 Å². The molecule has 0 radical (unpaired) electrons. The number of hydrogen-bond acceptors (Lipinski definition) is 4. The molecule has 0 aliphatic rings. The second-order valence-corrected chi connectivity index (χ2v) is 4.29. The molecule has 2 N–H and O–H groups in total. The predicted octanol–water partition coefficient (Wildman–Crippen LogP) is 1.65. The van der Waals surface area contributed by atoms with Crippen molar-refractivity contribution in [3.05, 3.63) is 51.7 Å². The van der Waals surface area contributed by atoms with Gasteiger partial charge in [0.25, 0.3) is 11.5 Å². The number of anilines is 1. The Hall–Kier alpha value is -2.63. The molecule has 0 aliphatic heterocycles. The molecule has 0 atom stereocenters. The third-order valence-electron chi connectivity index (χ3n) is 2.79. The van der Waals surface area contributed by atoms with Crippen LogP contribution in [0, 0.1) is 13.8 Å². The molecule has 0 aliphatic carbocycles. The van der Waals surface area contributed by atoms with Crippen molar-refractivity contribution in [2.24, 2.45) is 0 Å². The summed E-state index contributed by atoms with van der Waals surface area (Å²) >= 11 is 0. The highest BCUT2D eigenvalue weighted by Gasteiger charge is 2.15. The van der Waals surface area contributed by atoms with Crippen LogP contribution in [0.1, 0.15) is 21.9 Å². The average molecular weight is 273 g/mol. The van der Waals surface area contributed by atoms with Gasteiger partial charge in [0.05, 0.1) is 12.8 Å². The number of ether oxygens (including phenoxy) is 1. The molecule has 2 rings (SSSR count). The lowest BCUT2D eigenvalue weighted by atomic mass is 10.2. The Labute approximate surface area is 115 Å². The van der Waals surface area contributed by atoms with Crippen molar-refractivity contribution in [2.75, 3.05) is 12.4 Å². The minimum absolute atomic E-state index is 0.0198. The fourth-order valence-electron chi connectivity index (χ4n) is 1.86. The van der Waals surface area contributed by atoms with Gasteiger partial charge in [0.2, 0.25) is 0 Å². The number of aryl methyl sites for hydroxylation is 2. The highest BCUT2D eigenvalue weighted by Crippen LogP contribution is 2.15. The molecule has 0 unspecified atom stereocenters. The number of hydrogen-bond donors (Lipinski definition) is 2. The van der Waals surface area contributed by atoms with E-state index in [1.54, 1.807) is 45.2 Å². The van der Waals surface area contributed by atoms with Crippen LogP contribution in [0.25, 0.3) is 0 Å². The van der Waals surface area contributed by atoms with Crippen LogP contribution in [0.4, 0.5) is 5.69 Å². The van der Waals surface area contributed by atoms with Crippen molar-refractivity contribution in [1.29, 1.82) is 0 Å². The summed E-state index contributed by atoms with van der Waals surface area (Å²) in [5.41, 5.74) is 0.555. The van der Waals surface area contributed by atoms with Gasteiger partial charge < -0.3 is 15.0 Å². The number of H-pyrrole nitrogens is 1. The van der Waals surface area contributed by atoms with Gasteiger partial charge in [0.1, 0.15) is 17.1 Å². The van der Waals surface area contributed by atoms with E-state index in [4.69, 9.17) is 4.74 Å². The summed E-state index contributed by atoms with van der Waals surface area (Å²) in [6, 6.07) is 6.84. The minimum atomic E-state index is -0.485. The molecule has 104 valence electrons. The van der Waals surface area contributed by atoms with Crippen LogP contribution in [0.2, 0.25) is 0 Å². The second kappa shape index (κ2) is 5.56. The van der Waals surface area contributed by atoms with Crippen molar-refractivity contribution in [3.8, 4) is 5.75 Å². The van der Waals surface area contributed by atoms with E-state index in [9.17, 15) is 9.59 Å². The first-order chi connectivity index (χ1) is 9.51. The quantitative estimate of drug-likeness (QED) is 0.890. The van der Waals surface area contributed by atoms with Crippen LogP contribution >= 0.6 is 0 Å². The molecule has 6 heteroatoms. The van der Waals surface area contributed by atoms with Crippen LogP contribution in [-0.2, 0) is 0 Å². The summed E-state index contributed by atoms with van der Waals surface area (Å²) in [6.07, 6.45) is 0. The summed E-state index contributed by atoms with van der Waals surface area (Å²) < 4.78 is 5.03. The smallest absolute Gasteiger partial charge is 0.264 e. The van der Waals surface area contributed by atoms with Crippen molar-refractivity contribution >= 4 is 11.6 Å². The summed E-state index contributed by atoms with van der Waals surface area (Å²) in [5, 5.41) is 2.66. The molecule has 20 heavy (non-hydrogen) atoms. The molecular formula is C14H15N3O3. The number of benzene rings is 1. The van der Waals surface area contributed by atoms with E-state index in [1.807, 2.05) is 0 Å². The Bertz CT molecular complexity index is 690. The summed E-state index contributed by atoms with van der Waals surface area (Å²) in [6.45, 7) is 3.30. The van der Waals surface area contributed by atoms with Crippen molar-refractivity contribution in [3.63, 3.8) is 0 Å². The van der Waals surface area contributed by atoms with E-state index >= 15 is 0 Å². The second-order valence-electron chi connectivity index (χ2n) is 4.29. The number of rotatable bonds is 3. The molecule has 0 fully saturated rings. The van der Waals surface area contributed by atoms with Gasteiger partial charge in [0.15, 0.2) is 0 Å². The molecule has 1 amide bonds. The number of methoxy groups -OCH3 is 1. The Morgan fingerprint density at radius 3 is 2.45 bits per heavy atom. The molecule has 1 heterocycles. The predicted molar refractivity (Wildman–Crippen MR) is 75.3 cm³/mol. The van der Waals surface area contributed by atoms with Gasteiger partial charge >= 0.3 is 0 Å². The maximum absolute atomic E-state index is 12.1. The molecule has 6 nitrogen and oxygen atoms in total. The first-order valence-corrected chi connectivity index (χ1v) is 6.04. The number of nitrogens with zero attached hydrogens (tertiary/aromatic N) is 1. The van der Waals surface area contributed by atoms with Gasteiger partial charge in [-0.2, -0.15) is 0 Å². The number of aromatic amines is 1. The summed E-state index contributed by atoms with van der Waals surface area (Å²) in [4.78, 5) is 30.5. The van der Waals surface area contributed by atoms with Gasteiger partial charge in [-0.3, -0.25) is 9.59 Å². The first-order valence-electron chi connectivity index (χ1n) is 6.04. The van der Waals surface area contributed by atoms with E-state index in [0.717, 1.165) is 0 Å². The van der Waals surface area contributed by atoms with Crippen molar-refractivity contribution < 1.29 is 9.53 Å². The van der Waals surface area contributed by atoms with E-state index in [0.29, 0.717) is 23.0 Å². The zero-order valence-corrected chi connectivity index (χ0v) is 11.5. The number of carbonyl (C=O) groups is 1. The van der Waals surface area contributed by atoms with Gasteiger partial charge in [-0.05, 0) is 38.1 Å². The monoisotopic (exact) mass is 273 g/mol. The van der Waals surface area contributed by atoms with Gasteiger partial charge in [0, 0.05) is 5.69 Å². The Morgan fingerprint density at radius 2 is 1.90 bits per heavy atom. The zero-order valence-electron chi connectivity index (χ0n) is 11.5. The number of aromatic nitrogens is 2. The van der Waals surface area contributed by atoms with Crippen LogP contribution in [0.15, 0.2) is 29.1 Å². The molecule has 0 bridgehead atoms. The Balaban J connectivity index is 2.26. The lowest BCUT2D eigenvalue weighted by Gasteiger charge is -2.07. The Morgan fingerprint density at radius 1 is 1.25 bits per heavy atom. The maximum Gasteiger partial charge on any atom is 0.264 e. The summed E-state index contributed by atoms with van der Waals surface area (Å²) in [5.74, 6) is 0.684. The molecule has 0 spiro atoms. The van der Waals surface area contributed by atoms with E-state index in [1.165, 1.54) is 0 Å². The Kier molecular flexibility index (Phi) is 3.84. The molecule has 0 saturated carbocycles. The first kappa shape index (κ1) is 13.8. The average Bonchev–Trinajstić information content (AvgIpc) is 2.38. The normalized spacial score (nSPS) is 10.2. The molecule has 0 saturated heterocycles. The van der Waals surface area contributed by atoms with Gasteiger partial charge in [-0.15, -0.1) is 0 Å². The van der Waals surface area contributed by atoms with Crippen LogP contribution in [0.5, 0.6) is 5.75 Å². The highest BCUT2D eigenvalue weighted by atomic mass is 16.5. The topological polar surface area (TPSA) is 84.1 Å². The molecule has 1 aromatic carbocycles. The van der Waals surface area contributed by atoms with Crippen LogP contribution < -0.4 is 15.6 Å². The lowest BCUT2D eigenvalue weighted by molar-refractivity contribution is 0.102. The molecule has 2 aromatic rings. The molecule has 1 aromatic heterocycles. The number of carbonyl (C=O) groups excluding carboxylic acids is 1. The third kappa shape index (κ3) is 2.85. The van der Waals surface area contributed by atoms with Crippen LogP contribution in [0.3, 0.4) is 0 Å². The largest absolute Gasteiger partial charge is 0.497 e. The fraction of sp³-hybridized carbons (Fsp3) is 0.214. The lowest BCUT2D eigenvalue weighted by Crippen LogP contribution is -2.26. The van der Waals surface area contributed by atoms with E-state index < -0.39 is 11.5 Å². The third-order valence-corrected chi connectivity index (χ3v) is 2.79. The van der Waals surface area contributed by atoms with Crippen molar-refractivity contribution in [2.45, 2.75) is 13.8 Å². The maximum atomic E-state index is 12.1. The van der Waals surface area contributed by atoms with E-state index in [2.05, 4.69) is 15.3 Å². The number of nitrogens with one attached hydrogen (secondary N) is 2. The standard InChI is InChI=1S/C14H15N3O3/c1-8-12(13(18)16-9(2)15-8)14(19)17-10-4-6-11(20-3)7-5-10/h4-7H,1-3H3,(H,17,19)(H,15,16,18). The van der Waals surface area contributed by atoms with Crippen molar-refractivity contribution in [1.82, 2.24) is 9.97 Å². The summed E-state index contributed by atoms with van der Waals surface area (Å²) in [7, 11) is 1.56. The number of amides is 1. The van der Waals surface area contributed by atoms with E-state index in [-0.39, 0.29) is 5.56 Å². The fourth-order valence-corrected chi connectivity index (χ4v) is 1.86. The SMILES string of the molecule is COc1ccc(NC(=O)c2c(C)nc(C)[nH]c2=O)cc1. The zero-order chi connectivity index (χ0) is 14.7. The van der Waals surface area contributed by atoms with Gasteiger partial charge in [-0.25, -0.2) is 4.98 Å². The molecular weight excluding hydrogens is 258 g/mol.